The van der Waals surface area contributed by atoms with Crippen LogP contribution in [0.4, 0.5) is 17.1 Å². The average Bonchev–Trinajstić information content (AvgIpc) is 1.61. The van der Waals surface area contributed by atoms with Crippen LogP contribution in [0.25, 0.3) is 77.6 Å². The highest BCUT2D eigenvalue weighted by atomic mass is 16.3. The van der Waals surface area contributed by atoms with Crippen molar-refractivity contribution in [2.75, 3.05) is 4.90 Å². The van der Waals surface area contributed by atoms with Crippen LogP contribution in [-0.4, -0.2) is 0 Å². The molecule has 1 aromatic heterocycles. The first-order valence-corrected chi connectivity index (χ1v) is 25.9. The monoisotopic (exact) mass is 1010 g/mol. The van der Waals surface area contributed by atoms with Crippen molar-refractivity contribution < 1.29 is 23.6 Å². The van der Waals surface area contributed by atoms with Crippen molar-refractivity contribution in [1.82, 2.24) is 0 Å². The van der Waals surface area contributed by atoms with Crippen molar-refractivity contribution in [2.24, 2.45) is 0 Å². The maximum atomic E-state index is 9.41. The van der Waals surface area contributed by atoms with Crippen LogP contribution in [0.5, 0.6) is 0 Å². The number of hydrogen-bond acceptors (Lipinski definition) is 2. The lowest BCUT2D eigenvalue weighted by atomic mass is 9.66. The first kappa shape index (κ1) is 34.6. The maximum absolute atomic E-state index is 9.41. The zero-order valence-corrected chi connectivity index (χ0v) is 43.6. The van der Waals surface area contributed by atoms with Gasteiger partial charge in [0, 0.05) is 39.0 Å². The molecule has 2 heteroatoms. The SMILES string of the molecule is [2H]c1c([2H])c([2H])c(-c2c([2H])c([2H])c(N(c3ccc(-c4cccc5c4oc4c(-c6ccc(C7(c8ccc(-c9ccccc9)cc8)c8cc(C(C)(C)C)ccc8-c8ccc(C(C)(C)C)cc87)cc6)cccc45)cc3)c3c([2H])c([2H])c([2H])c([2H])c3[2H])c([2H])c2[2H])c([2H])c1[2H]. The van der Waals surface area contributed by atoms with Crippen molar-refractivity contribution in [1.29, 1.82) is 0 Å². The number of rotatable bonds is 9. The third-order valence-corrected chi connectivity index (χ3v) is 15.2. The lowest BCUT2D eigenvalue weighted by molar-refractivity contribution is 0.586. The summed E-state index contributed by atoms with van der Waals surface area (Å²) in [5, 5.41) is 1.73. The Balaban J connectivity index is 0.939. The van der Waals surface area contributed by atoms with Crippen LogP contribution in [0.15, 0.2) is 265 Å². The minimum absolute atomic E-state index is 0.0981. The van der Waals surface area contributed by atoms with Crippen LogP contribution < -0.4 is 4.90 Å². The number of anilines is 3. The average molecular weight is 1010 g/mol. The van der Waals surface area contributed by atoms with E-state index in [4.69, 9.17) is 18.1 Å². The van der Waals surface area contributed by atoms with Crippen molar-refractivity contribution >= 4 is 39.0 Å². The molecule has 0 bridgehead atoms. The normalized spacial score (nSPS) is 15.5. The predicted octanol–water partition coefficient (Wildman–Crippen LogP) is 20.7. The molecule has 1 aliphatic carbocycles. The molecule has 0 saturated heterocycles. The molecule has 0 saturated carbocycles. The first-order valence-electron chi connectivity index (χ1n) is 32.9. The molecule has 0 aliphatic heterocycles. The Kier molecular flexibility index (Phi) is 8.39. The van der Waals surface area contributed by atoms with Gasteiger partial charge < -0.3 is 9.32 Å². The number of hydrogen-bond donors (Lipinski definition) is 0. The molecule has 372 valence electrons. The van der Waals surface area contributed by atoms with Crippen molar-refractivity contribution in [2.45, 2.75) is 57.8 Å². The van der Waals surface area contributed by atoms with Crippen LogP contribution >= 0.6 is 0 Å². The standard InChI is InChI=1S/C75H61NO/c1-73(2,3)58-40-46-65-66-47-41-59(74(4,5)6)49-70(66)75(69(65)48-58,56-36-28-52(29-37-56)50-18-10-7-11-19-50)57-38-30-54(31-39-57)63-24-16-26-67-68-27-17-25-64(72(68)77-71(63)67)55-34-44-62(45-35-55)76(60-22-14-9-15-23-60)61-42-32-53(33-43-61)51-20-12-8-13-21-51/h7-49H,1-6H3/i8D,9D,12D,13D,14D,15D,20D,21D,22D,23D,32D,33D,42D,43D. The Labute approximate surface area is 473 Å². The fourth-order valence-corrected chi connectivity index (χ4v) is 11.2. The van der Waals surface area contributed by atoms with Crippen LogP contribution in [0.1, 0.15) is 94.1 Å². The Morgan fingerprint density at radius 1 is 0.351 bits per heavy atom. The summed E-state index contributed by atoms with van der Waals surface area (Å²) in [4.78, 5) is 1.08. The van der Waals surface area contributed by atoms with E-state index in [1.165, 1.54) is 33.4 Å². The molecular weight excluding hydrogens is 931 g/mol. The predicted molar refractivity (Wildman–Crippen MR) is 325 cm³/mol. The third-order valence-electron chi connectivity index (χ3n) is 15.2. The number of benzene rings is 11. The van der Waals surface area contributed by atoms with E-state index >= 15 is 0 Å². The molecule has 1 heterocycles. The minimum Gasteiger partial charge on any atom is -0.455 e. The van der Waals surface area contributed by atoms with Crippen molar-refractivity contribution in [3.05, 3.63) is 294 Å². The summed E-state index contributed by atoms with van der Waals surface area (Å²) in [6, 6.07) is 50.9. The van der Waals surface area contributed by atoms with E-state index in [0.717, 1.165) is 49.1 Å². The second-order valence-electron chi connectivity index (χ2n) is 21.8. The Morgan fingerprint density at radius 2 is 0.792 bits per heavy atom. The summed E-state index contributed by atoms with van der Waals surface area (Å²) in [6.07, 6.45) is 0. The molecule has 11 aromatic carbocycles. The van der Waals surface area contributed by atoms with Crippen LogP contribution in [0.3, 0.4) is 0 Å². The van der Waals surface area contributed by atoms with Gasteiger partial charge in [0.2, 0.25) is 0 Å². The van der Waals surface area contributed by atoms with Crippen molar-refractivity contribution in [3.63, 3.8) is 0 Å². The zero-order valence-electron chi connectivity index (χ0n) is 57.6. The Morgan fingerprint density at radius 3 is 1.30 bits per heavy atom. The number of fused-ring (bicyclic) bond motifs is 6. The summed E-state index contributed by atoms with van der Waals surface area (Å²) >= 11 is 0. The fraction of sp³-hybridized carbons (Fsp3) is 0.120. The van der Waals surface area contributed by atoms with E-state index in [0.29, 0.717) is 22.3 Å². The molecule has 0 unspecified atom stereocenters. The molecule has 12 aromatic rings. The number of nitrogens with zero attached hydrogens (tertiary/aromatic N) is 1. The summed E-state index contributed by atoms with van der Waals surface area (Å²) in [5.74, 6) is 0. The molecule has 0 amide bonds. The lowest BCUT2D eigenvalue weighted by Crippen LogP contribution is -2.29. The molecule has 0 N–H and O–H groups in total. The summed E-state index contributed by atoms with van der Waals surface area (Å²) in [7, 11) is 0. The van der Waals surface area contributed by atoms with Crippen LogP contribution in [0.2, 0.25) is 0 Å². The van der Waals surface area contributed by atoms with E-state index in [1.807, 2.05) is 36.4 Å². The van der Waals surface area contributed by atoms with Crippen LogP contribution in [0, 0.1) is 0 Å². The summed E-state index contributed by atoms with van der Waals surface area (Å²) in [6.45, 7) is 13.6. The van der Waals surface area contributed by atoms with E-state index in [1.54, 1.807) is 24.3 Å². The summed E-state index contributed by atoms with van der Waals surface area (Å²) in [5.41, 5.74) is 13.4. The molecule has 0 spiro atoms. The van der Waals surface area contributed by atoms with Gasteiger partial charge in [-0.05, 0) is 125 Å². The van der Waals surface area contributed by atoms with E-state index in [-0.39, 0.29) is 16.5 Å². The van der Waals surface area contributed by atoms with E-state index in [9.17, 15) is 5.48 Å². The second kappa shape index (κ2) is 18.7. The molecule has 1 aliphatic rings. The molecule has 0 atom stereocenters. The quantitative estimate of drug-likeness (QED) is 0.143. The van der Waals surface area contributed by atoms with E-state index < -0.39 is 113 Å². The van der Waals surface area contributed by atoms with Gasteiger partial charge in [-0.25, -0.2) is 0 Å². The van der Waals surface area contributed by atoms with Gasteiger partial charge in [-0.3, -0.25) is 0 Å². The Hall–Kier alpha value is -8.98. The molecule has 0 fully saturated rings. The van der Waals surface area contributed by atoms with E-state index in [2.05, 4.69) is 157 Å². The lowest BCUT2D eigenvalue weighted by Gasteiger charge is -2.36. The maximum Gasteiger partial charge on any atom is 0.143 e. The molecule has 77 heavy (non-hydrogen) atoms. The smallest absolute Gasteiger partial charge is 0.143 e. The largest absolute Gasteiger partial charge is 0.455 e. The highest BCUT2D eigenvalue weighted by Gasteiger charge is 2.47. The topological polar surface area (TPSA) is 16.4 Å². The van der Waals surface area contributed by atoms with Gasteiger partial charge in [-0.2, -0.15) is 0 Å². The van der Waals surface area contributed by atoms with Crippen LogP contribution in [-0.2, 0) is 16.2 Å². The van der Waals surface area contributed by atoms with Gasteiger partial charge in [-0.1, -0.05) is 266 Å². The van der Waals surface area contributed by atoms with Gasteiger partial charge in [0.25, 0.3) is 0 Å². The first-order chi connectivity index (χ1) is 43.2. The van der Waals surface area contributed by atoms with Gasteiger partial charge in [0.1, 0.15) is 11.2 Å². The minimum atomic E-state index is -0.779. The van der Waals surface area contributed by atoms with Crippen molar-refractivity contribution in [3.8, 4) is 55.6 Å². The number of para-hydroxylation sites is 3. The zero-order chi connectivity index (χ0) is 64.7. The third kappa shape index (κ3) is 8.28. The molecule has 0 radical (unpaired) electrons. The highest BCUT2D eigenvalue weighted by molar-refractivity contribution is 6.13. The highest BCUT2D eigenvalue weighted by Crippen LogP contribution is 2.58. The molecule has 2 nitrogen and oxygen atoms in total. The van der Waals surface area contributed by atoms with Gasteiger partial charge in [0.05, 0.1) is 24.6 Å². The Bertz CT molecular complexity index is 4840. The second-order valence-corrected chi connectivity index (χ2v) is 21.8. The van der Waals surface area contributed by atoms with Gasteiger partial charge in [0.15, 0.2) is 0 Å². The number of furan rings is 1. The molecular formula is C75H61NO. The fourth-order valence-electron chi connectivity index (χ4n) is 11.2. The molecule has 13 rings (SSSR count). The van der Waals surface area contributed by atoms with Gasteiger partial charge in [-0.15, -0.1) is 0 Å². The summed E-state index contributed by atoms with van der Waals surface area (Å²) < 4.78 is 130. The van der Waals surface area contributed by atoms with Gasteiger partial charge >= 0.3 is 0 Å².